The minimum atomic E-state index is 0.0127. The molecule has 0 radical (unpaired) electrons. The van der Waals surface area contributed by atoms with E-state index in [0.29, 0.717) is 5.69 Å². The van der Waals surface area contributed by atoms with Crippen LogP contribution in [0.4, 0.5) is 0 Å². The molecule has 0 bridgehead atoms. The van der Waals surface area contributed by atoms with Crippen molar-refractivity contribution in [2.24, 2.45) is 7.05 Å². The van der Waals surface area contributed by atoms with E-state index >= 15 is 0 Å². The summed E-state index contributed by atoms with van der Waals surface area (Å²) in [7, 11) is 5.43. The van der Waals surface area contributed by atoms with Gasteiger partial charge in [0.1, 0.15) is 5.69 Å². The molecule has 2 aromatic rings. The third kappa shape index (κ3) is 2.34. The van der Waals surface area contributed by atoms with Crippen LogP contribution in [-0.2, 0) is 7.05 Å². The third-order valence-corrected chi connectivity index (χ3v) is 3.36. The van der Waals surface area contributed by atoms with Gasteiger partial charge >= 0.3 is 0 Å². The van der Waals surface area contributed by atoms with Gasteiger partial charge in [-0.25, -0.2) is 0 Å². The highest BCUT2D eigenvalue weighted by atomic mass is 79.9. The van der Waals surface area contributed by atoms with Gasteiger partial charge in [-0.2, -0.15) is 0 Å². The number of carbonyl (C=O) groups excluding carboxylic acids is 1. The van der Waals surface area contributed by atoms with Crippen molar-refractivity contribution in [1.82, 2.24) is 9.47 Å². The maximum atomic E-state index is 12.0. The van der Waals surface area contributed by atoms with Crippen LogP contribution in [0.2, 0.25) is 0 Å². The lowest BCUT2D eigenvalue weighted by atomic mass is 10.1. The molecule has 3 nitrogen and oxygen atoms in total. The molecule has 94 valence electrons. The molecule has 1 aromatic carbocycles. The number of hydrogen-bond acceptors (Lipinski definition) is 1. The maximum Gasteiger partial charge on any atom is 0.269 e. The Morgan fingerprint density at radius 1 is 1.22 bits per heavy atom. The predicted molar refractivity (Wildman–Crippen MR) is 76.6 cm³/mol. The predicted octanol–water partition coefficient (Wildman–Crippen LogP) is 3.16. The molecule has 0 fully saturated rings. The Morgan fingerprint density at radius 3 is 2.56 bits per heavy atom. The van der Waals surface area contributed by atoms with Crippen LogP contribution in [0, 0.1) is 0 Å². The molecule has 0 N–H and O–H groups in total. The molecule has 0 spiro atoms. The fraction of sp³-hybridized carbons (Fsp3) is 0.214. The first-order valence-electron chi connectivity index (χ1n) is 5.64. The largest absolute Gasteiger partial charge is 0.343 e. The average molecular weight is 307 g/mol. The van der Waals surface area contributed by atoms with E-state index in [0.717, 1.165) is 15.7 Å². The van der Waals surface area contributed by atoms with Crippen molar-refractivity contribution in [3.05, 3.63) is 46.6 Å². The van der Waals surface area contributed by atoms with Gasteiger partial charge in [0, 0.05) is 31.3 Å². The highest BCUT2D eigenvalue weighted by Crippen LogP contribution is 2.24. The molecule has 1 amide bonds. The third-order valence-electron chi connectivity index (χ3n) is 2.87. The number of aromatic nitrogens is 1. The molecule has 0 aliphatic heterocycles. The number of benzene rings is 1. The van der Waals surface area contributed by atoms with Gasteiger partial charge in [0.05, 0.1) is 0 Å². The number of amides is 1. The van der Waals surface area contributed by atoms with E-state index in [9.17, 15) is 4.79 Å². The molecule has 1 aromatic heterocycles. The highest BCUT2D eigenvalue weighted by Gasteiger charge is 2.14. The van der Waals surface area contributed by atoms with Crippen LogP contribution in [0.15, 0.2) is 40.9 Å². The summed E-state index contributed by atoms with van der Waals surface area (Å²) in [6, 6.07) is 11.9. The molecule has 0 unspecified atom stereocenters. The number of halogens is 1. The van der Waals surface area contributed by atoms with Crippen molar-refractivity contribution in [2.75, 3.05) is 14.1 Å². The summed E-state index contributed by atoms with van der Waals surface area (Å²) < 4.78 is 2.95. The Morgan fingerprint density at radius 2 is 1.94 bits per heavy atom. The second-order valence-electron chi connectivity index (χ2n) is 4.37. The van der Waals surface area contributed by atoms with Crippen molar-refractivity contribution in [1.29, 1.82) is 0 Å². The molecular formula is C14H15BrN2O. The first-order valence-corrected chi connectivity index (χ1v) is 6.43. The number of rotatable bonds is 2. The van der Waals surface area contributed by atoms with Crippen LogP contribution in [0.5, 0.6) is 0 Å². The van der Waals surface area contributed by atoms with Crippen LogP contribution in [-0.4, -0.2) is 29.5 Å². The maximum absolute atomic E-state index is 12.0. The van der Waals surface area contributed by atoms with Crippen molar-refractivity contribution in [3.8, 4) is 11.3 Å². The molecule has 1 heterocycles. The van der Waals surface area contributed by atoms with E-state index in [1.54, 1.807) is 19.0 Å². The normalized spacial score (nSPS) is 10.4. The van der Waals surface area contributed by atoms with Gasteiger partial charge in [0.25, 0.3) is 5.91 Å². The number of hydrogen-bond donors (Lipinski definition) is 0. The lowest BCUT2D eigenvalue weighted by Crippen LogP contribution is -2.23. The summed E-state index contributed by atoms with van der Waals surface area (Å²) in [5.74, 6) is 0.0127. The van der Waals surface area contributed by atoms with E-state index in [2.05, 4.69) is 15.9 Å². The van der Waals surface area contributed by atoms with Crippen LogP contribution >= 0.6 is 15.9 Å². The summed E-state index contributed by atoms with van der Waals surface area (Å²) in [6.07, 6.45) is 0. The van der Waals surface area contributed by atoms with Gasteiger partial charge in [-0.05, 0) is 29.8 Å². The van der Waals surface area contributed by atoms with E-state index in [-0.39, 0.29) is 5.91 Å². The second-order valence-corrected chi connectivity index (χ2v) is 5.29. The monoisotopic (exact) mass is 306 g/mol. The zero-order valence-electron chi connectivity index (χ0n) is 10.6. The Hall–Kier alpha value is -1.55. The summed E-state index contributed by atoms with van der Waals surface area (Å²) >= 11 is 3.46. The molecule has 0 saturated carbocycles. The van der Waals surface area contributed by atoms with Crippen LogP contribution in [0.1, 0.15) is 10.5 Å². The van der Waals surface area contributed by atoms with Gasteiger partial charge < -0.3 is 9.47 Å². The Balaban J connectivity index is 2.46. The highest BCUT2D eigenvalue weighted by molar-refractivity contribution is 9.10. The van der Waals surface area contributed by atoms with E-state index in [4.69, 9.17) is 0 Å². The lowest BCUT2D eigenvalue weighted by Gasteiger charge is -2.12. The fourth-order valence-electron chi connectivity index (χ4n) is 1.89. The second kappa shape index (κ2) is 4.98. The summed E-state index contributed by atoms with van der Waals surface area (Å²) in [6.45, 7) is 0. The van der Waals surface area contributed by atoms with Crippen molar-refractivity contribution < 1.29 is 4.79 Å². The number of nitrogens with zero attached hydrogens (tertiary/aromatic N) is 2. The summed E-state index contributed by atoms with van der Waals surface area (Å²) in [5, 5.41) is 0. The van der Waals surface area contributed by atoms with Crippen molar-refractivity contribution in [3.63, 3.8) is 0 Å². The zero-order chi connectivity index (χ0) is 13.3. The fourth-order valence-corrected chi connectivity index (χ4v) is 2.29. The van der Waals surface area contributed by atoms with E-state index < -0.39 is 0 Å². The molecule has 0 aliphatic rings. The van der Waals surface area contributed by atoms with Gasteiger partial charge in [-0.15, -0.1) is 0 Å². The van der Waals surface area contributed by atoms with Gasteiger partial charge in [-0.1, -0.05) is 28.1 Å². The quantitative estimate of drug-likeness (QED) is 0.836. The van der Waals surface area contributed by atoms with E-state index in [1.165, 1.54) is 0 Å². The molecule has 18 heavy (non-hydrogen) atoms. The minimum absolute atomic E-state index is 0.0127. The Kier molecular flexibility index (Phi) is 3.57. The average Bonchev–Trinajstić information content (AvgIpc) is 2.70. The van der Waals surface area contributed by atoms with Crippen LogP contribution in [0.25, 0.3) is 11.3 Å². The van der Waals surface area contributed by atoms with Crippen LogP contribution in [0.3, 0.4) is 0 Å². The van der Waals surface area contributed by atoms with Gasteiger partial charge in [0.15, 0.2) is 0 Å². The molecule has 4 heteroatoms. The van der Waals surface area contributed by atoms with Gasteiger partial charge in [0.2, 0.25) is 0 Å². The smallest absolute Gasteiger partial charge is 0.269 e. The SMILES string of the molecule is CN(C)C(=O)c1ccc(-c2cccc(Br)c2)n1C. The molecule has 2 rings (SSSR count). The Labute approximate surface area is 115 Å². The first-order chi connectivity index (χ1) is 8.50. The van der Waals surface area contributed by atoms with Crippen molar-refractivity contribution >= 4 is 21.8 Å². The standard InChI is InChI=1S/C14H15BrN2O/c1-16(2)14(18)13-8-7-12(17(13)3)10-5-4-6-11(15)9-10/h4-9H,1-3H3. The molecule has 0 atom stereocenters. The molecule has 0 saturated heterocycles. The lowest BCUT2D eigenvalue weighted by molar-refractivity contribution is 0.0818. The topological polar surface area (TPSA) is 25.2 Å². The zero-order valence-corrected chi connectivity index (χ0v) is 12.2. The first kappa shape index (κ1) is 12.9. The van der Waals surface area contributed by atoms with Crippen LogP contribution < -0.4 is 0 Å². The van der Waals surface area contributed by atoms with Gasteiger partial charge in [-0.3, -0.25) is 4.79 Å². The summed E-state index contributed by atoms with van der Waals surface area (Å²) in [5.41, 5.74) is 2.81. The molecule has 0 aliphatic carbocycles. The van der Waals surface area contributed by atoms with Crippen molar-refractivity contribution in [2.45, 2.75) is 0 Å². The number of carbonyl (C=O) groups is 1. The van der Waals surface area contributed by atoms with E-state index in [1.807, 2.05) is 48.0 Å². The Bertz CT molecular complexity index is 587. The minimum Gasteiger partial charge on any atom is -0.343 e. The molecular weight excluding hydrogens is 292 g/mol. The summed E-state index contributed by atoms with van der Waals surface area (Å²) in [4.78, 5) is 13.6.